The van der Waals surface area contributed by atoms with Crippen LogP contribution in [-0.4, -0.2) is 36.6 Å². The van der Waals surface area contributed by atoms with Crippen LogP contribution in [0.2, 0.25) is 0 Å². The van der Waals surface area contributed by atoms with Crippen molar-refractivity contribution in [3.05, 3.63) is 102 Å². The van der Waals surface area contributed by atoms with Crippen molar-refractivity contribution in [1.82, 2.24) is 10.6 Å². The van der Waals surface area contributed by atoms with Crippen LogP contribution in [0.3, 0.4) is 0 Å². The molecule has 0 fully saturated rings. The van der Waals surface area contributed by atoms with E-state index in [1.54, 1.807) is 12.1 Å². The van der Waals surface area contributed by atoms with Gasteiger partial charge in [-0.3, -0.25) is 9.59 Å². The number of ether oxygens (including phenoxy) is 1. The summed E-state index contributed by atoms with van der Waals surface area (Å²) in [6.45, 7) is 0.764. The Kier molecular flexibility index (Phi) is 8.20. The second-order valence-corrected chi connectivity index (χ2v) is 7.02. The normalized spacial score (nSPS) is 10.6. The Morgan fingerprint density at radius 2 is 1.42 bits per heavy atom. The number of amides is 2. The molecule has 0 atom stereocenters. The maximum atomic E-state index is 12.2. The van der Waals surface area contributed by atoms with Gasteiger partial charge >= 0.3 is 0 Å². The van der Waals surface area contributed by atoms with E-state index in [0.29, 0.717) is 25.1 Å². The number of carbonyl (C=O) groups is 2. The summed E-state index contributed by atoms with van der Waals surface area (Å²) in [5.74, 6) is -0.431. The Labute approximate surface area is 181 Å². The highest BCUT2D eigenvalue weighted by Crippen LogP contribution is 2.25. The van der Waals surface area contributed by atoms with Gasteiger partial charge in [0.1, 0.15) is 18.5 Å². The van der Waals surface area contributed by atoms with Gasteiger partial charge in [-0.2, -0.15) is 0 Å². The largest absolute Gasteiger partial charge is 0.508 e. The van der Waals surface area contributed by atoms with E-state index in [4.69, 9.17) is 4.74 Å². The molecule has 0 saturated heterocycles. The van der Waals surface area contributed by atoms with Gasteiger partial charge in [-0.1, -0.05) is 66.7 Å². The molecule has 0 aromatic heterocycles. The fraction of sp³-hybridized carbons (Fsp3) is 0.200. The first-order valence-electron chi connectivity index (χ1n) is 10.2. The molecular formula is C25H26N2O4. The Hall–Kier alpha value is -3.64. The molecule has 0 saturated carbocycles. The molecule has 160 valence electrons. The molecule has 6 nitrogen and oxygen atoms in total. The van der Waals surface area contributed by atoms with Gasteiger partial charge in [0.05, 0.1) is 0 Å². The molecule has 3 aromatic carbocycles. The van der Waals surface area contributed by atoms with Crippen LogP contribution < -0.4 is 10.6 Å². The lowest BCUT2D eigenvalue weighted by Gasteiger charge is -2.19. The molecule has 0 bridgehead atoms. The highest BCUT2D eigenvalue weighted by atomic mass is 16.5. The number of phenolic OH excluding ortho intramolecular Hbond substituents is 1. The first kappa shape index (κ1) is 22.1. The van der Waals surface area contributed by atoms with Crippen molar-refractivity contribution in [3.8, 4) is 5.75 Å². The van der Waals surface area contributed by atoms with Crippen LogP contribution in [0.4, 0.5) is 0 Å². The third-order valence-corrected chi connectivity index (χ3v) is 4.66. The average Bonchev–Trinajstić information content (AvgIpc) is 2.80. The molecule has 3 aromatic rings. The van der Waals surface area contributed by atoms with E-state index in [9.17, 15) is 14.7 Å². The van der Waals surface area contributed by atoms with Gasteiger partial charge in [-0.25, -0.2) is 0 Å². The first-order chi connectivity index (χ1) is 15.1. The summed E-state index contributed by atoms with van der Waals surface area (Å²) < 4.78 is 5.93. The van der Waals surface area contributed by atoms with E-state index in [0.717, 1.165) is 11.1 Å². The zero-order valence-corrected chi connectivity index (χ0v) is 17.2. The van der Waals surface area contributed by atoms with Gasteiger partial charge in [-0.05, 0) is 35.7 Å². The maximum Gasteiger partial charge on any atom is 0.251 e. The number of phenols is 1. The molecule has 6 heteroatoms. The van der Waals surface area contributed by atoms with Gasteiger partial charge in [0, 0.05) is 18.7 Å². The number of hydrogen-bond donors (Lipinski definition) is 3. The van der Waals surface area contributed by atoms with Gasteiger partial charge in [0.15, 0.2) is 0 Å². The van der Waals surface area contributed by atoms with Gasteiger partial charge in [0.2, 0.25) is 5.91 Å². The number of carbonyl (C=O) groups excluding carboxylic acids is 2. The summed E-state index contributed by atoms with van der Waals surface area (Å²) in [6, 6.07) is 25.7. The number of hydrogen-bond acceptors (Lipinski definition) is 4. The second-order valence-electron chi connectivity index (χ2n) is 7.02. The highest BCUT2D eigenvalue weighted by molar-refractivity contribution is 5.94. The average molecular weight is 418 g/mol. The van der Waals surface area contributed by atoms with E-state index in [1.807, 2.05) is 60.7 Å². The van der Waals surface area contributed by atoms with Gasteiger partial charge in [-0.15, -0.1) is 0 Å². The molecule has 31 heavy (non-hydrogen) atoms. The zero-order valence-electron chi connectivity index (χ0n) is 17.2. The quantitative estimate of drug-likeness (QED) is 0.440. The summed E-state index contributed by atoms with van der Waals surface area (Å²) in [6.07, 6.45) is 0.256. The standard InChI is InChI=1S/C25H26N2O4/c28-22-14-7-13-21(17-22)25(30)27-16-8-15-26-23(29)18-31-24(19-9-3-1-4-10-19)20-11-5-2-6-12-20/h1-7,9-14,17,24,28H,8,15-16,18H2,(H,26,29)(H,27,30). The van der Waals surface area contributed by atoms with Crippen LogP contribution in [0.1, 0.15) is 34.0 Å². The minimum absolute atomic E-state index is 0.0456. The van der Waals surface area contributed by atoms with Crippen molar-refractivity contribution in [2.24, 2.45) is 0 Å². The third kappa shape index (κ3) is 6.97. The summed E-state index contributed by atoms with van der Waals surface area (Å²) in [7, 11) is 0. The summed E-state index contributed by atoms with van der Waals surface area (Å²) in [5.41, 5.74) is 2.36. The fourth-order valence-corrected chi connectivity index (χ4v) is 3.12. The van der Waals surface area contributed by atoms with Crippen molar-refractivity contribution >= 4 is 11.8 Å². The van der Waals surface area contributed by atoms with Crippen LogP contribution in [0.25, 0.3) is 0 Å². The number of benzene rings is 3. The molecule has 3 rings (SSSR count). The lowest BCUT2D eigenvalue weighted by Crippen LogP contribution is -2.32. The first-order valence-corrected chi connectivity index (χ1v) is 10.2. The van der Waals surface area contributed by atoms with Crippen LogP contribution in [-0.2, 0) is 9.53 Å². The predicted octanol–water partition coefficient (Wildman–Crippen LogP) is 3.43. The maximum absolute atomic E-state index is 12.2. The Balaban J connectivity index is 1.41. The predicted molar refractivity (Wildman–Crippen MR) is 119 cm³/mol. The van der Waals surface area contributed by atoms with E-state index >= 15 is 0 Å². The van der Waals surface area contributed by atoms with Crippen molar-refractivity contribution in [2.75, 3.05) is 19.7 Å². The molecule has 0 aliphatic heterocycles. The van der Waals surface area contributed by atoms with Crippen LogP contribution in [0, 0.1) is 0 Å². The smallest absolute Gasteiger partial charge is 0.251 e. The molecule has 0 unspecified atom stereocenters. The summed E-state index contributed by atoms with van der Waals surface area (Å²) in [5, 5.41) is 15.0. The molecule has 2 amide bonds. The Morgan fingerprint density at radius 3 is 2.03 bits per heavy atom. The summed E-state index contributed by atoms with van der Waals surface area (Å²) in [4.78, 5) is 24.2. The second kappa shape index (κ2) is 11.5. The van der Waals surface area contributed by atoms with Gasteiger partial charge < -0.3 is 20.5 Å². The molecular weight excluding hydrogens is 392 g/mol. The van der Waals surface area contributed by atoms with Gasteiger partial charge in [0.25, 0.3) is 5.91 Å². The van der Waals surface area contributed by atoms with E-state index in [1.165, 1.54) is 12.1 Å². The molecule has 0 aliphatic rings. The monoisotopic (exact) mass is 418 g/mol. The lowest BCUT2D eigenvalue weighted by molar-refractivity contribution is -0.127. The Morgan fingerprint density at radius 1 is 0.806 bits per heavy atom. The minimum atomic E-state index is -0.324. The number of rotatable bonds is 10. The Bertz CT molecular complexity index is 938. The number of nitrogens with one attached hydrogen (secondary N) is 2. The van der Waals surface area contributed by atoms with Crippen molar-refractivity contribution < 1.29 is 19.4 Å². The molecule has 0 aliphatic carbocycles. The molecule has 0 spiro atoms. The van der Waals surface area contributed by atoms with Crippen molar-refractivity contribution in [2.45, 2.75) is 12.5 Å². The minimum Gasteiger partial charge on any atom is -0.508 e. The lowest BCUT2D eigenvalue weighted by atomic mass is 10.0. The zero-order chi connectivity index (χ0) is 21.9. The third-order valence-electron chi connectivity index (χ3n) is 4.66. The number of aromatic hydroxyl groups is 1. The molecule has 0 heterocycles. The SMILES string of the molecule is O=C(COC(c1ccccc1)c1ccccc1)NCCCNC(=O)c1cccc(O)c1. The molecule has 3 N–H and O–H groups in total. The fourth-order valence-electron chi connectivity index (χ4n) is 3.12. The van der Waals surface area contributed by atoms with Crippen molar-refractivity contribution in [3.63, 3.8) is 0 Å². The highest BCUT2D eigenvalue weighted by Gasteiger charge is 2.16. The van der Waals surface area contributed by atoms with Crippen LogP contribution in [0.5, 0.6) is 5.75 Å². The van der Waals surface area contributed by atoms with Crippen LogP contribution in [0.15, 0.2) is 84.9 Å². The topological polar surface area (TPSA) is 87.7 Å². The van der Waals surface area contributed by atoms with E-state index in [-0.39, 0.29) is 30.3 Å². The van der Waals surface area contributed by atoms with E-state index < -0.39 is 0 Å². The summed E-state index contributed by atoms with van der Waals surface area (Å²) >= 11 is 0. The molecule has 0 radical (unpaired) electrons. The van der Waals surface area contributed by atoms with Crippen LogP contribution >= 0.6 is 0 Å². The van der Waals surface area contributed by atoms with E-state index in [2.05, 4.69) is 10.6 Å². The van der Waals surface area contributed by atoms with Crippen molar-refractivity contribution in [1.29, 1.82) is 0 Å².